The summed E-state index contributed by atoms with van der Waals surface area (Å²) in [4.78, 5) is 25.2. The van der Waals surface area contributed by atoms with Crippen molar-refractivity contribution in [3.8, 4) is 5.75 Å². The molecule has 0 aromatic heterocycles. The summed E-state index contributed by atoms with van der Waals surface area (Å²) in [5.74, 6) is 0.144. The van der Waals surface area contributed by atoms with Crippen molar-refractivity contribution < 1.29 is 14.3 Å². The van der Waals surface area contributed by atoms with Gasteiger partial charge in [0.25, 0.3) is 5.91 Å². The van der Waals surface area contributed by atoms with E-state index in [9.17, 15) is 9.59 Å². The Kier molecular flexibility index (Phi) is 8.94. The molecule has 0 aliphatic heterocycles. The number of amides is 2. The van der Waals surface area contributed by atoms with Gasteiger partial charge in [0.05, 0.1) is 23.9 Å². The number of carbonyl (C=O) groups is 2. The van der Waals surface area contributed by atoms with Gasteiger partial charge >= 0.3 is 0 Å². The maximum absolute atomic E-state index is 12.9. The molecule has 3 aromatic carbocycles. The fourth-order valence-corrected chi connectivity index (χ4v) is 3.42. The van der Waals surface area contributed by atoms with Crippen LogP contribution in [0.3, 0.4) is 0 Å². The third-order valence-corrected chi connectivity index (χ3v) is 5.13. The Balaban J connectivity index is 1.58. The topological polar surface area (TPSA) is 79.5 Å². The first-order valence-electron chi connectivity index (χ1n) is 10.9. The van der Waals surface area contributed by atoms with Crippen molar-refractivity contribution in [2.75, 3.05) is 11.9 Å². The first-order chi connectivity index (χ1) is 16.5. The molecule has 0 fully saturated rings. The first-order valence-corrected chi connectivity index (χ1v) is 11.3. The monoisotopic (exact) mass is 473 g/mol. The summed E-state index contributed by atoms with van der Waals surface area (Å²) in [6.07, 6.45) is 3.07. The van der Waals surface area contributed by atoms with Crippen LogP contribution in [0, 0.1) is 0 Å². The molecule has 0 spiro atoms. The van der Waals surface area contributed by atoms with E-state index in [4.69, 9.17) is 17.0 Å². The van der Waals surface area contributed by atoms with Gasteiger partial charge in [0, 0.05) is 6.08 Å². The predicted octanol–water partition coefficient (Wildman–Crippen LogP) is 5.10. The highest BCUT2D eigenvalue weighted by Gasteiger charge is 2.15. The maximum Gasteiger partial charge on any atom is 0.253 e. The second-order valence-electron chi connectivity index (χ2n) is 7.43. The lowest BCUT2D eigenvalue weighted by atomic mass is 10.1. The molecule has 3 N–H and O–H groups in total. The SMILES string of the molecule is CCOc1ccc(/C=C/C(=O)NC(=S)Nc2ccccc2C(=O)NC(C)c2ccccc2)cc1. The second-order valence-corrected chi connectivity index (χ2v) is 7.84. The van der Waals surface area contributed by atoms with E-state index in [-0.39, 0.29) is 23.0 Å². The summed E-state index contributed by atoms with van der Waals surface area (Å²) in [6.45, 7) is 4.44. The lowest BCUT2D eigenvalue weighted by Gasteiger charge is -2.17. The van der Waals surface area contributed by atoms with E-state index in [1.54, 1.807) is 30.3 Å². The molecule has 0 saturated carbocycles. The number of ether oxygens (including phenoxy) is 1. The van der Waals surface area contributed by atoms with E-state index in [0.29, 0.717) is 17.9 Å². The van der Waals surface area contributed by atoms with E-state index in [0.717, 1.165) is 16.9 Å². The number of para-hydroxylation sites is 1. The van der Waals surface area contributed by atoms with Crippen LogP contribution in [0.25, 0.3) is 6.08 Å². The summed E-state index contributed by atoms with van der Waals surface area (Å²) in [6, 6.07) is 23.9. The van der Waals surface area contributed by atoms with Gasteiger partial charge in [-0.3, -0.25) is 14.9 Å². The van der Waals surface area contributed by atoms with E-state index in [2.05, 4.69) is 16.0 Å². The third kappa shape index (κ3) is 7.28. The van der Waals surface area contributed by atoms with E-state index in [1.165, 1.54) is 6.08 Å². The van der Waals surface area contributed by atoms with E-state index >= 15 is 0 Å². The van der Waals surface area contributed by atoms with Gasteiger partial charge in [-0.05, 0) is 67.5 Å². The zero-order valence-electron chi connectivity index (χ0n) is 19.1. The van der Waals surface area contributed by atoms with Gasteiger partial charge in [-0.15, -0.1) is 0 Å². The second kappa shape index (κ2) is 12.3. The first kappa shape index (κ1) is 24.7. The van der Waals surface area contributed by atoms with E-state index < -0.39 is 0 Å². The molecule has 3 aromatic rings. The average Bonchev–Trinajstić information content (AvgIpc) is 2.84. The highest BCUT2D eigenvalue weighted by atomic mass is 32.1. The zero-order valence-corrected chi connectivity index (χ0v) is 19.9. The number of anilines is 1. The van der Waals surface area contributed by atoms with Crippen molar-refractivity contribution in [3.05, 3.63) is 102 Å². The Morgan fingerprint density at radius 3 is 2.35 bits per heavy atom. The molecule has 1 unspecified atom stereocenters. The lowest BCUT2D eigenvalue weighted by Crippen LogP contribution is -2.34. The molecule has 7 heteroatoms. The van der Waals surface area contributed by atoms with Crippen LogP contribution in [0.5, 0.6) is 5.75 Å². The number of hydrogen-bond donors (Lipinski definition) is 3. The standard InChI is InChI=1S/C27H27N3O3S/c1-3-33-22-16-13-20(14-17-22)15-18-25(31)30-27(34)29-24-12-8-7-11-23(24)26(32)28-19(2)21-9-5-4-6-10-21/h4-19H,3H2,1-2H3,(H,28,32)(H2,29,30,31,34)/b18-15+. The largest absolute Gasteiger partial charge is 0.494 e. The molecule has 0 bridgehead atoms. The van der Waals surface area contributed by atoms with Gasteiger partial charge in [-0.25, -0.2) is 0 Å². The van der Waals surface area contributed by atoms with Gasteiger partial charge in [-0.1, -0.05) is 54.6 Å². The molecular formula is C27H27N3O3S. The van der Waals surface area contributed by atoms with Crippen LogP contribution in [-0.4, -0.2) is 23.5 Å². The quantitative estimate of drug-likeness (QED) is 0.313. The molecule has 1 atom stereocenters. The third-order valence-electron chi connectivity index (χ3n) is 4.92. The molecule has 0 aliphatic carbocycles. The normalized spacial score (nSPS) is 11.5. The van der Waals surface area contributed by atoms with Crippen LogP contribution in [-0.2, 0) is 4.79 Å². The minimum absolute atomic E-state index is 0.0951. The molecule has 2 amide bonds. The summed E-state index contributed by atoms with van der Waals surface area (Å²) >= 11 is 5.27. The van der Waals surface area contributed by atoms with Gasteiger partial charge in [0.1, 0.15) is 5.75 Å². The molecule has 0 saturated heterocycles. The molecule has 3 rings (SSSR count). The Labute approximate surface area is 205 Å². The zero-order chi connectivity index (χ0) is 24.3. The predicted molar refractivity (Wildman–Crippen MR) is 140 cm³/mol. The minimum Gasteiger partial charge on any atom is -0.494 e. The molecular weight excluding hydrogens is 446 g/mol. The van der Waals surface area contributed by atoms with Crippen LogP contribution in [0.15, 0.2) is 84.9 Å². The highest BCUT2D eigenvalue weighted by molar-refractivity contribution is 7.80. The van der Waals surface area contributed by atoms with Gasteiger partial charge in [-0.2, -0.15) is 0 Å². The summed E-state index contributed by atoms with van der Waals surface area (Å²) in [5.41, 5.74) is 2.78. The number of benzene rings is 3. The highest BCUT2D eigenvalue weighted by Crippen LogP contribution is 2.18. The van der Waals surface area contributed by atoms with Crippen molar-refractivity contribution >= 4 is 40.9 Å². The number of hydrogen-bond acceptors (Lipinski definition) is 4. The van der Waals surface area contributed by atoms with Crippen molar-refractivity contribution in [3.63, 3.8) is 0 Å². The van der Waals surface area contributed by atoms with Gasteiger partial charge in [0.15, 0.2) is 5.11 Å². The molecule has 6 nitrogen and oxygen atoms in total. The maximum atomic E-state index is 12.9. The molecule has 174 valence electrons. The van der Waals surface area contributed by atoms with Crippen molar-refractivity contribution in [2.45, 2.75) is 19.9 Å². The molecule has 0 aliphatic rings. The van der Waals surface area contributed by atoms with Crippen molar-refractivity contribution in [1.29, 1.82) is 0 Å². The molecule has 34 heavy (non-hydrogen) atoms. The molecule has 0 radical (unpaired) electrons. The Hall–Kier alpha value is -3.97. The molecule has 0 heterocycles. The Morgan fingerprint density at radius 2 is 1.65 bits per heavy atom. The number of nitrogens with one attached hydrogen (secondary N) is 3. The average molecular weight is 474 g/mol. The van der Waals surface area contributed by atoms with Crippen LogP contribution >= 0.6 is 12.2 Å². The summed E-state index contributed by atoms with van der Waals surface area (Å²) < 4.78 is 5.41. The van der Waals surface area contributed by atoms with Crippen molar-refractivity contribution in [1.82, 2.24) is 10.6 Å². The number of rotatable bonds is 8. The smallest absolute Gasteiger partial charge is 0.253 e. The van der Waals surface area contributed by atoms with E-state index in [1.807, 2.05) is 68.4 Å². The Morgan fingerprint density at radius 1 is 0.971 bits per heavy atom. The minimum atomic E-state index is -0.383. The fraction of sp³-hybridized carbons (Fsp3) is 0.148. The van der Waals surface area contributed by atoms with Crippen LogP contribution in [0.2, 0.25) is 0 Å². The number of thiocarbonyl (C=S) groups is 1. The van der Waals surface area contributed by atoms with Crippen LogP contribution < -0.4 is 20.7 Å². The van der Waals surface area contributed by atoms with Gasteiger partial charge in [0.2, 0.25) is 5.91 Å². The van der Waals surface area contributed by atoms with Gasteiger partial charge < -0.3 is 15.4 Å². The van der Waals surface area contributed by atoms with Crippen LogP contribution in [0.1, 0.15) is 41.4 Å². The summed E-state index contributed by atoms with van der Waals surface area (Å²) in [5, 5.41) is 8.63. The number of carbonyl (C=O) groups excluding carboxylic acids is 2. The lowest BCUT2D eigenvalue weighted by molar-refractivity contribution is -0.115. The summed E-state index contributed by atoms with van der Waals surface area (Å²) in [7, 11) is 0. The van der Waals surface area contributed by atoms with Crippen molar-refractivity contribution in [2.24, 2.45) is 0 Å². The Bertz CT molecular complexity index is 1160. The fourth-order valence-electron chi connectivity index (χ4n) is 3.21. The van der Waals surface area contributed by atoms with Crippen LogP contribution in [0.4, 0.5) is 5.69 Å².